The summed E-state index contributed by atoms with van der Waals surface area (Å²) < 4.78 is 0. The summed E-state index contributed by atoms with van der Waals surface area (Å²) in [4.78, 5) is 19.7. The van der Waals surface area contributed by atoms with E-state index in [9.17, 15) is 9.59 Å². The van der Waals surface area contributed by atoms with E-state index in [4.69, 9.17) is 20.4 Å². The van der Waals surface area contributed by atoms with E-state index in [0.717, 1.165) is 19.3 Å². The molecule has 2 unspecified atom stereocenters. The molecule has 108 valence electrons. The molecule has 0 aliphatic rings. The molecule has 2 atom stereocenters. The zero-order valence-electron chi connectivity index (χ0n) is 11.0. The molecule has 0 aliphatic carbocycles. The van der Waals surface area contributed by atoms with E-state index < -0.39 is 24.1 Å². The number of aliphatic hydroxyl groups is 2. The first-order valence-electron chi connectivity index (χ1n) is 6.09. The Bertz CT molecular complexity index is 227. The van der Waals surface area contributed by atoms with Crippen LogP contribution in [0.5, 0.6) is 0 Å². The molecule has 0 aromatic rings. The zero-order valence-corrected chi connectivity index (χ0v) is 11.0. The van der Waals surface area contributed by atoms with Crippen LogP contribution in [0.3, 0.4) is 0 Å². The SMILES string of the molecule is CC(O)CC(=O)O.CCCCCC(O)CC(=O)O. The second kappa shape index (κ2) is 12.3. The minimum Gasteiger partial charge on any atom is -0.481 e. The van der Waals surface area contributed by atoms with Crippen molar-refractivity contribution in [1.29, 1.82) is 0 Å². The average molecular weight is 264 g/mol. The maximum Gasteiger partial charge on any atom is 0.305 e. The summed E-state index contributed by atoms with van der Waals surface area (Å²) >= 11 is 0. The molecule has 4 N–H and O–H groups in total. The number of aliphatic carboxylic acids is 2. The highest BCUT2D eigenvalue weighted by molar-refractivity contribution is 5.67. The zero-order chi connectivity index (χ0) is 14.6. The third-order valence-corrected chi connectivity index (χ3v) is 2.02. The maximum absolute atomic E-state index is 10.1. The fraction of sp³-hybridized carbons (Fsp3) is 0.833. The van der Waals surface area contributed by atoms with Crippen LogP contribution in [0.15, 0.2) is 0 Å². The normalized spacial score (nSPS) is 13.1. The molecule has 0 spiro atoms. The number of carbonyl (C=O) groups is 2. The molecule has 0 saturated heterocycles. The van der Waals surface area contributed by atoms with E-state index >= 15 is 0 Å². The summed E-state index contributed by atoms with van der Waals surface area (Å²) in [7, 11) is 0. The summed E-state index contributed by atoms with van der Waals surface area (Å²) in [5.41, 5.74) is 0. The highest BCUT2D eigenvalue weighted by Gasteiger charge is 2.07. The molecule has 0 saturated carbocycles. The van der Waals surface area contributed by atoms with Crippen molar-refractivity contribution in [1.82, 2.24) is 0 Å². The average Bonchev–Trinajstić information content (AvgIpc) is 2.15. The van der Waals surface area contributed by atoms with Crippen molar-refractivity contribution < 1.29 is 30.0 Å². The molecule has 18 heavy (non-hydrogen) atoms. The van der Waals surface area contributed by atoms with Gasteiger partial charge in [-0.1, -0.05) is 26.2 Å². The molecule has 0 radical (unpaired) electrons. The van der Waals surface area contributed by atoms with Gasteiger partial charge in [0, 0.05) is 0 Å². The van der Waals surface area contributed by atoms with Gasteiger partial charge in [0.2, 0.25) is 0 Å². The largest absolute Gasteiger partial charge is 0.481 e. The van der Waals surface area contributed by atoms with Gasteiger partial charge in [0.1, 0.15) is 0 Å². The van der Waals surface area contributed by atoms with Crippen LogP contribution in [-0.2, 0) is 9.59 Å². The fourth-order valence-electron chi connectivity index (χ4n) is 1.19. The van der Waals surface area contributed by atoms with Crippen molar-refractivity contribution in [2.24, 2.45) is 0 Å². The van der Waals surface area contributed by atoms with E-state index in [1.807, 2.05) is 0 Å². The summed E-state index contributed by atoms with van der Waals surface area (Å²) in [5.74, 6) is -1.89. The van der Waals surface area contributed by atoms with Gasteiger partial charge in [-0.3, -0.25) is 9.59 Å². The van der Waals surface area contributed by atoms with Gasteiger partial charge in [-0.2, -0.15) is 0 Å². The number of unbranched alkanes of at least 4 members (excludes halogenated alkanes) is 2. The van der Waals surface area contributed by atoms with Crippen LogP contribution in [0.1, 0.15) is 52.4 Å². The third kappa shape index (κ3) is 20.3. The van der Waals surface area contributed by atoms with Gasteiger partial charge in [-0.05, 0) is 13.3 Å². The summed E-state index contributed by atoms with van der Waals surface area (Å²) in [6.07, 6.45) is 2.03. The van der Waals surface area contributed by atoms with Gasteiger partial charge >= 0.3 is 11.9 Å². The highest BCUT2D eigenvalue weighted by Crippen LogP contribution is 2.05. The van der Waals surface area contributed by atoms with Crippen LogP contribution >= 0.6 is 0 Å². The van der Waals surface area contributed by atoms with E-state index in [0.29, 0.717) is 6.42 Å². The first kappa shape index (κ1) is 19.2. The van der Waals surface area contributed by atoms with Gasteiger partial charge < -0.3 is 20.4 Å². The molecule has 0 aromatic carbocycles. The first-order valence-corrected chi connectivity index (χ1v) is 6.09. The molecule has 0 bridgehead atoms. The summed E-state index contributed by atoms with van der Waals surface area (Å²) in [5, 5.41) is 33.6. The van der Waals surface area contributed by atoms with E-state index in [2.05, 4.69) is 6.92 Å². The number of hydrogen-bond acceptors (Lipinski definition) is 4. The Labute approximate surface area is 107 Å². The van der Waals surface area contributed by atoms with Crippen molar-refractivity contribution in [2.75, 3.05) is 0 Å². The van der Waals surface area contributed by atoms with Gasteiger partial charge in [-0.25, -0.2) is 0 Å². The molecule has 0 aromatic heterocycles. The number of carboxylic acid groups (broad SMARTS) is 2. The van der Waals surface area contributed by atoms with Crippen LogP contribution in [-0.4, -0.2) is 44.6 Å². The van der Waals surface area contributed by atoms with E-state index in [-0.39, 0.29) is 12.8 Å². The Morgan fingerprint density at radius 3 is 1.78 bits per heavy atom. The minimum atomic E-state index is -0.963. The fourth-order valence-corrected chi connectivity index (χ4v) is 1.19. The molecule has 0 heterocycles. The monoisotopic (exact) mass is 264 g/mol. The highest BCUT2D eigenvalue weighted by atomic mass is 16.4. The Morgan fingerprint density at radius 2 is 1.50 bits per heavy atom. The lowest BCUT2D eigenvalue weighted by molar-refractivity contribution is -0.140. The number of aliphatic hydroxyl groups excluding tert-OH is 2. The molecule has 0 aliphatic heterocycles. The van der Waals surface area contributed by atoms with Crippen LogP contribution in [0.25, 0.3) is 0 Å². The molecular formula is C12H24O6. The maximum atomic E-state index is 10.1. The molecule has 6 nitrogen and oxygen atoms in total. The lowest BCUT2D eigenvalue weighted by atomic mass is 10.1. The van der Waals surface area contributed by atoms with E-state index in [1.165, 1.54) is 6.92 Å². The van der Waals surface area contributed by atoms with Crippen molar-refractivity contribution in [3.63, 3.8) is 0 Å². The second-order valence-corrected chi connectivity index (χ2v) is 4.19. The third-order valence-electron chi connectivity index (χ3n) is 2.02. The smallest absolute Gasteiger partial charge is 0.305 e. The Hall–Kier alpha value is -1.14. The molecule has 0 fully saturated rings. The predicted octanol–water partition coefficient (Wildman–Crippen LogP) is 1.24. The Morgan fingerprint density at radius 1 is 1.00 bits per heavy atom. The standard InChI is InChI=1S/C8H16O3.C4H8O3/c1-2-3-4-5-7(9)6-8(10)11;1-3(5)2-4(6)7/h7,9H,2-6H2,1H3,(H,10,11);3,5H,2H2,1H3,(H,6,7). The minimum absolute atomic E-state index is 0.121. The predicted molar refractivity (Wildman–Crippen MR) is 66.3 cm³/mol. The molecule has 0 rings (SSSR count). The van der Waals surface area contributed by atoms with Crippen molar-refractivity contribution in [2.45, 2.75) is 64.6 Å². The van der Waals surface area contributed by atoms with Crippen LogP contribution in [0, 0.1) is 0 Å². The Kier molecular flexibility index (Phi) is 13.1. The lowest BCUT2D eigenvalue weighted by Crippen LogP contribution is -2.12. The number of hydrogen-bond donors (Lipinski definition) is 4. The van der Waals surface area contributed by atoms with Crippen molar-refractivity contribution >= 4 is 11.9 Å². The second-order valence-electron chi connectivity index (χ2n) is 4.19. The van der Waals surface area contributed by atoms with Gasteiger partial charge in [-0.15, -0.1) is 0 Å². The van der Waals surface area contributed by atoms with Crippen LogP contribution in [0.2, 0.25) is 0 Å². The first-order chi connectivity index (χ1) is 8.29. The quantitative estimate of drug-likeness (QED) is 0.490. The summed E-state index contributed by atoms with van der Waals surface area (Å²) in [6.45, 7) is 3.51. The Balaban J connectivity index is 0. The topological polar surface area (TPSA) is 115 Å². The molecular weight excluding hydrogens is 240 g/mol. The number of rotatable bonds is 8. The van der Waals surface area contributed by atoms with E-state index in [1.54, 1.807) is 0 Å². The molecule has 6 heteroatoms. The van der Waals surface area contributed by atoms with Crippen molar-refractivity contribution in [3.05, 3.63) is 0 Å². The van der Waals surface area contributed by atoms with Crippen LogP contribution in [0.4, 0.5) is 0 Å². The number of carboxylic acids is 2. The van der Waals surface area contributed by atoms with Gasteiger partial charge in [0.25, 0.3) is 0 Å². The van der Waals surface area contributed by atoms with Gasteiger partial charge in [0.15, 0.2) is 0 Å². The molecule has 0 amide bonds. The summed E-state index contributed by atoms with van der Waals surface area (Å²) in [6, 6.07) is 0. The van der Waals surface area contributed by atoms with Gasteiger partial charge in [0.05, 0.1) is 25.0 Å². The lowest BCUT2D eigenvalue weighted by Gasteiger charge is -2.05. The van der Waals surface area contributed by atoms with Crippen LogP contribution < -0.4 is 0 Å². The van der Waals surface area contributed by atoms with Crippen molar-refractivity contribution in [3.8, 4) is 0 Å².